The predicted octanol–water partition coefficient (Wildman–Crippen LogP) is 4.01. The molecule has 0 heterocycles. The second kappa shape index (κ2) is 8.42. The summed E-state index contributed by atoms with van der Waals surface area (Å²) >= 11 is 0. The highest BCUT2D eigenvalue weighted by molar-refractivity contribution is 5.97. The number of alkyl halides is 2. The monoisotopic (exact) mass is 363 g/mol. The van der Waals surface area contributed by atoms with Gasteiger partial charge in [-0.05, 0) is 44.0 Å². The van der Waals surface area contributed by atoms with Crippen LogP contribution in [0.15, 0.2) is 36.4 Å². The maximum atomic E-state index is 12.4. The third-order valence-electron chi connectivity index (χ3n) is 3.60. The maximum absolute atomic E-state index is 12.4. The quantitative estimate of drug-likeness (QED) is 0.788. The smallest absolute Gasteiger partial charge is 0.387 e. The number of halogens is 2. The van der Waals surface area contributed by atoms with E-state index in [1.54, 1.807) is 0 Å². The number of benzene rings is 2. The van der Waals surface area contributed by atoms with Crippen LogP contribution in [0.25, 0.3) is 0 Å². The standard InChI is InChI=1S/C19H19F2NO4/c1-11-8-12(2)17(13(3)9-11)22-16(23)10-25-18(24)14-6-4-5-7-15(14)26-19(20)21/h4-9,19H,10H2,1-3H3,(H,22,23). The van der Waals surface area contributed by atoms with Crippen molar-refractivity contribution in [3.8, 4) is 5.75 Å². The SMILES string of the molecule is Cc1cc(C)c(NC(=O)COC(=O)c2ccccc2OC(F)F)c(C)c1. The zero-order chi connectivity index (χ0) is 19.3. The molecule has 0 spiro atoms. The summed E-state index contributed by atoms with van der Waals surface area (Å²) in [4.78, 5) is 24.1. The maximum Gasteiger partial charge on any atom is 0.387 e. The number of esters is 1. The van der Waals surface area contributed by atoms with Gasteiger partial charge in [0.25, 0.3) is 5.91 Å². The van der Waals surface area contributed by atoms with Crippen LogP contribution in [0, 0.1) is 20.8 Å². The number of aryl methyl sites for hydroxylation is 3. The number of anilines is 1. The highest BCUT2D eigenvalue weighted by Gasteiger charge is 2.18. The third kappa shape index (κ3) is 5.02. The zero-order valence-corrected chi connectivity index (χ0v) is 14.6. The van der Waals surface area contributed by atoms with Crippen molar-refractivity contribution in [2.24, 2.45) is 0 Å². The molecule has 0 atom stereocenters. The molecule has 7 heteroatoms. The van der Waals surface area contributed by atoms with Crippen molar-refractivity contribution in [1.82, 2.24) is 0 Å². The van der Waals surface area contributed by atoms with Gasteiger partial charge in [-0.1, -0.05) is 29.8 Å². The Hall–Kier alpha value is -2.96. The first-order valence-electron chi connectivity index (χ1n) is 7.86. The molecule has 2 aromatic carbocycles. The number of amides is 1. The second-order valence-corrected chi connectivity index (χ2v) is 5.77. The van der Waals surface area contributed by atoms with Gasteiger partial charge in [0.1, 0.15) is 11.3 Å². The molecule has 0 fully saturated rings. The van der Waals surface area contributed by atoms with Crippen LogP contribution in [0.5, 0.6) is 5.75 Å². The van der Waals surface area contributed by atoms with Crippen LogP contribution in [0.2, 0.25) is 0 Å². The molecule has 0 bridgehead atoms. The molecular weight excluding hydrogens is 344 g/mol. The Morgan fingerprint density at radius 3 is 2.31 bits per heavy atom. The number of ether oxygens (including phenoxy) is 2. The first kappa shape index (κ1) is 19.4. The van der Waals surface area contributed by atoms with Crippen molar-refractivity contribution >= 4 is 17.6 Å². The topological polar surface area (TPSA) is 64.6 Å². The van der Waals surface area contributed by atoms with Crippen LogP contribution in [0.1, 0.15) is 27.0 Å². The molecule has 26 heavy (non-hydrogen) atoms. The van der Waals surface area contributed by atoms with Gasteiger partial charge >= 0.3 is 12.6 Å². The van der Waals surface area contributed by atoms with Gasteiger partial charge in [0.2, 0.25) is 0 Å². The predicted molar refractivity (Wildman–Crippen MR) is 92.6 cm³/mol. The second-order valence-electron chi connectivity index (χ2n) is 5.77. The molecule has 5 nitrogen and oxygen atoms in total. The van der Waals surface area contributed by atoms with E-state index in [0.29, 0.717) is 5.69 Å². The highest BCUT2D eigenvalue weighted by Crippen LogP contribution is 2.23. The van der Waals surface area contributed by atoms with Crippen molar-refractivity contribution in [2.75, 3.05) is 11.9 Å². The molecule has 0 saturated carbocycles. The molecule has 0 unspecified atom stereocenters. The van der Waals surface area contributed by atoms with E-state index in [1.165, 1.54) is 24.3 Å². The summed E-state index contributed by atoms with van der Waals surface area (Å²) in [6.45, 7) is 2.06. The highest BCUT2D eigenvalue weighted by atomic mass is 19.3. The normalized spacial score (nSPS) is 10.5. The minimum Gasteiger partial charge on any atom is -0.452 e. The number of hydrogen-bond donors (Lipinski definition) is 1. The summed E-state index contributed by atoms with van der Waals surface area (Å²) < 4.78 is 34.0. The van der Waals surface area contributed by atoms with Crippen LogP contribution in [0.4, 0.5) is 14.5 Å². The first-order valence-corrected chi connectivity index (χ1v) is 7.86. The molecular formula is C19H19F2NO4. The summed E-state index contributed by atoms with van der Waals surface area (Å²) in [5, 5.41) is 2.69. The molecule has 0 aliphatic rings. The molecule has 1 amide bonds. The van der Waals surface area contributed by atoms with Gasteiger partial charge in [-0.15, -0.1) is 0 Å². The molecule has 0 radical (unpaired) electrons. The minimum absolute atomic E-state index is 0.178. The van der Waals surface area contributed by atoms with Crippen molar-refractivity contribution < 1.29 is 27.8 Å². The lowest BCUT2D eigenvalue weighted by Gasteiger charge is -2.13. The average molecular weight is 363 g/mol. The van der Waals surface area contributed by atoms with Crippen LogP contribution in [-0.4, -0.2) is 25.1 Å². The average Bonchev–Trinajstić information content (AvgIpc) is 2.56. The molecule has 2 aromatic rings. The van der Waals surface area contributed by atoms with Crippen LogP contribution >= 0.6 is 0 Å². The Kier molecular flexibility index (Phi) is 6.27. The van der Waals surface area contributed by atoms with Gasteiger partial charge in [-0.2, -0.15) is 8.78 Å². The summed E-state index contributed by atoms with van der Waals surface area (Å²) in [5.41, 5.74) is 3.32. The van der Waals surface area contributed by atoms with E-state index in [9.17, 15) is 18.4 Å². The van der Waals surface area contributed by atoms with Gasteiger partial charge in [0.05, 0.1) is 0 Å². The van der Waals surface area contributed by atoms with Gasteiger partial charge in [0, 0.05) is 5.69 Å². The van der Waals surface area contributed by atoms with Crippen molar-refractivity contribution in [3.05, 3.63) is 58.7 Å². The van der Waals surface area contributed by atoms with Crippen LogP contribution in [0.3, 0.4) is 0 Å². The van der Waals surface area contributed by atoms with Gasteiger partial charge in [-0.25, -0.2) is 4.79 Å². The summed E-state index contributed by atoms with van der Waals surface area (Å²) in [7, 11) is 0. The number of carbonyl (C=O) groups is 2. The molecule has 0 aliphatic carbocycles. The number of nitrogens with one attached hydrogen (secondary N) is 1. The van der Waals surface area contributed by atoms with Gasteiger partial charge in [-0.3, -0.25) is 4.79 Å². The Morgan fingerprint density at radius 1 is 1.08 bits per heavy atom. The van der Waals surface area contributed by atoms with E-state index in [4.69, 9.17) is 4.74 Å². The molecule has 0 aromatic heterocycles. The Balaban J connectivity index is 2.01. The van der Waals surface area contributed by atoms with E-state index >= 15 is 0 Å². The van der Waals surface area contributed by atoms with E-state index < -0.39 is 25.1 Å². The Bertz CT molecular complexity index is 798. The number of hydrogen-bond acceptors (Lipinski definition) is 4. The number of carbonyl (C=O) groups excluding carboxylic acids is 2. The Morgan fingerprint density at radius 2 is 1.69 bits per heavy atom. The lowest BCUT2D eigenvalue weighted by Crippen LogP contribution is -2.22. The lowest BCUT2D eigenvalue weighted by atomic mass is 10.1. The number of para-hydroxylation sites is 1. The fourth-order valence-electron chi connectivity index (χ4n) is 2.60. The fraction of sp³-hybridized carbons (Fsp3) is 0.263. The molecule has 0 aliphatic heterocycles. The lowest BCUT2D eigenvalue weighted by molar-refractivity contribution is -0.119. The zero-order valence-electron chi connectivity index (χ0n) is 14.6. The summed E-state index contributed by atoms with van der Waals surface area (Å²) in [6.07, 6.45) is 0. The van der Waals surface area contributed by atoms with Crippen molar-refractivity contribution in [2.45, 2.75) is 27.4 Å². The largest absolute Gasteiger partial charge is 0.452 e. The Labute approximate surface area is 149 Å². The molecule has 0 saturated heterocycles. The fourth-order valence-corrected chi connectivity index (χ4v) is 2.60. The van der Waals surface area contributed by atoms with Gasteiger partial charge in [0.15, 0.2) is 6.61 Å². The third-order valence-corrected chi connectivity index (χ3v) is 3.60. The minimum atomic E-state index is -3.07. The van der Waals surface area contributed by atoms with Crippen LogP contribution < -0.4 is 10.1 Å². The van der Waals surface area contributed by atoms with Crippen molar-refractivity contribution in [3.63, 3.8) is 0 Å². The first-order chi connectivity index (χ1) is 12.3. The van der Waals surface area contributed by atoms with E-state index in [1.807, 2.05) is 32.9 Å². The molecule has 138 valence electrons. The van der Waals surface area contributed by atoms with Gasteiger partial charge < -0.3 is 14.8 Å². The van der Waals surface area contributed by atoms with E-state index in [0.717, 1.165) is 16.7 Å². The van der Waals surface area contributed by atoms with E-state index in [2.05, 4.69) is 10.1 Å². The number of rotatable bonds is 6. The van der Waals surface area contributed by atoms with Crippen molar-refractivity contribution in [1.29, 1.82) is 0 Å². The summed E-state index contributed by atoms with van der Waals surface area (Å²) in [5.74, 6) is -1.76. The molecule has 2 rings (SSSR count). The van der Waals surface area contributed by atoms with Crippen LogP contribution in [-0.2, 0) is 9.53 Å². The van der Waals surface area contributed by atoms with E-state index in [-0.39, 0.29) is 11.3 Å². The molecule has 1 N–H and O–H groups in total. The summed E-state index contributed by atoms with van der Waals surface area (Å²) in [6, 6.07) is 9.28.